The summed E-state index contributed by atoms with van der Waals surface area (Å²) in [6, 6.07) is 11.7. The van der Waals surface area contributed by atoms with Gasteiger partial charge in [-0.25, -0.2) is 4.98 Å². The summed E-state index contributed by atoms with van der Waals surface area (Å²) in [5.41, 5.74) is 2.06. The van der Waals surface area contributed by atoms with Gasteiger partial charge in [0.15, 0.2) is 17.5 Å². The van der Waals surface area contributed by atoms with Crippen LogP contribution in [0.3, 0.4) is 0 Å². The third-order valence-corrected chi connectivity index (χ3v) is 3.96. The van der Waals surface area contributed by atoms with E-state index in [1.54, 1.807) is 14.2 Å². The van der Waals surface area contributed by atoms with Gasteiger partial charge in [0.05, 0.1) is 32.6 Å². The number of rotatable bonds is 10. The highest BCUT2D eigenvalue weighted by atomic mass is 127. The highest BCUT2D eigenvalue weighted by Crippen LogP contribution is 2.28. The highest BCUT2D eigenvalue weighted by molar-refractivity contribution is 14.0. The Balaban J connectivity index is 0.00000420. The molecule has 0 spiro atoms. The van der Waals surface area contributed by atoms with Crippen molar-refractivity contribution in [3.05, 3.63) is 47.7 Å². The molecule has 0 saturated heterocycles. The maximum Gasteiger partial charge on any atom is 0.213 e. The lowest BCUT2D eigenvalue weighted by Gasteiger charge is -2.14. The fourth-order valence-electron chi connectivity index (χ4n) is 2.64. The molecule has 1 aromatic heterocycles. The van der Waals surface area contributed by atoms with Gasteiger partial charge >= 0.3 is 0 Å². The van der Waals surface area contributed by atoms with Crippen molar-refractivity contribution in [3.63, 3.8) is 0 Å². The third kappa shape index (κ3) is 8.35. The Morgan fingerprint density at radius 1 is 1.03 bits per heavy atom. The maximum atomic E-state index is 5.69. The minimum Gasteiger partial charge on any atom is -0.490 e. The number of benzene rings is 1. The van der Waals surface area contributed by atoms with Crippen LogP contribution in [0.1, 0.15) is 25.1 Å². The monoisotopic (exact) mass is 514 g/mol. The van der Waals surface area contributed by atoms with Crippen LogP contribution in [0, 0.1) is 0 Å². The number of halogens is 1. The number of aliphatic imine (C=N–C) groups is 1. The summed E-state index contributed by atoms with van der Waals surface area (Å²) in [5, 5.41) is 6.57. The Labute approximate surface area is 190 Å². The minimum atomic E-state index is 0. The molecule has 7 nitrogen and oxygen atoms in total. The molecule has 0 aliphatic rings. The van der Waals surface area contributed by atoms with Crippen LogP contribution >= 0.6 is 24.0 Å². The van der Waals surface area contributed by atoms with Crippen molar-refractivity contribution in [1.29, 1.82) is 0 Å². The number of pyridine rings is 1. The fraction of sp³-hybridized carbons (Fsp3) is 0.429. The Morgan fingerprint density at radius 2 is 1.79 bits per heavy atom. The standard InChI is InChI=1S/C21H30N4O3.HI/c1-5-27-18-11-10-16(14-19(18)28-6-2)12-13-23-21(22-3)24-15-17-8-7-9-20(25-17)26-4;/h7-11,14H,5-6,12-13,15H2,1-4H3,(H2,22,23,24);1H. The summed E-state index contributed by atoms with van der Waals surface area (Å²) in [6.45, 7) is 6.46. The average Bonchev–Trinajstić information content (AvgIpc) is 2.72. The van der Waals surface area contributed by atoms with Gasteiger partial charge in [0.1, 0.15) is 0 Å². The summed E-state index contributed by atoms with van der Waals surface area (Å²) < 4.78 is 16.4. The predicted octanol–water partition coefficient (Wildman–Crippen LogP) is 3.41. The molecule has 0 atom stereocenters. The van der Waals surface area contributed by atoms with Crippen molar-refractivity contribution in [1.82, 2.24) is 15.6 Å². The molecule has 0 fully saturated rings. The van der Waals surface area contributed by atoms with Crippen molar-refractivity contribution < 1.29 is 14.2 Å². The van der Waals surface area contributed by atoms with Gasteiger partial charge in [-0.15, -0.1) is 24.0 Å². The molecule has 2 N–H and O–H groups in total. The molecule has 0 aliphatic carbocycles. The van der Waals surface area contributed by atoms with Gasteiger partial charge in [-0.2, -0.15) is 0 Å². The number of nitrogens with zero attached hydrogens (tertiary/aromatic N) is 2. The molecule has 2 aromatic rings. The smallest absolute Gasteiger partial charge is 0.213 e. The van der Waals surface area contributed by atoms with Crippen LogP contribution in [0.5, 0.6) is 17.4 Å². The largest absolute Gasteiger partial charge is 0.490 e. The van der Waals surface area contributed by atoms with Crippen LogP contribution in [-0.2, 0) is 13.0 Å². The number of methoxy groups -OCH3 is 1. The number of aromatic nitrogens is 1. The molecule has 1 heterocycles. The fourth-order valence-corrected chi connectivity index (χ4v) is 2.64. The first-order chi connectivity index (χ1) is 13.7. The van der Waals surface area contributed by atoms with E-state index in [-0.39, 0.29) is 24.0 Å². The molecule has 160 valence electrons. The first kappa shape index (κ1) is 24.8. The summed E-state index contributed by atoms with van der Waals surface area (Å²) in [7, 11) is 3.36. The van der Waals surface area contributed by atoms with E-state index in [1.807, 2.05) is 44.2 Å². The van der Waals surface area contributed by atoms with Crippen molar-refractivity contribution in [3.8, 4) is 17.4 Å². The van der Waals surface area contributed by atoms with Gasteiger partial charge < -0.3 is 24.8 Å². The van der Waals surface area contributed by atoms with Crippen molar-refractivity contribution in [2.45, 2.75) is 26.8 Å². The summed E-state index contributed by atoms with van der Waals surface area (Å²) in [6.07, 6.45) is 0.838. The third-order valence-electron chi connectivity index (χ3n) is 3.96. The van der Waals surface area contributed by atoms with E-state index in [2.05, 4.69) is 26.7 Å². The van der Waals surface area contributed by atoms with E-state index in [0.29, 0.717) is 25.6 Å². The molecule has 8 heteroatoms. The summed E-state index contributed by atoms with van der Waals surface area (Å²) in [4.78, 5) is 8.64. The van der Waals surface area contributed by atoms with Crippen molar-refractivity contribution in [2.24, 2.45) is 4.99 Å². The Hall–Kier alpha value is -2.23. The summed E-state index contributed by atoms with van der Waals surface area (Å²) >= 11 is 0. The van der Waals surface area contributed by atoms with Crippen LogP contribution in [0.15, 0.2) is 41.4 Å². The zero-order valence-electron chi connectivity index (χ0n) is 17.5. The molecule has 0 unspecified atom stereocenters. The number of ether oxygens (including phenoxy) is 3. The van der Waals surface area contributed by atoms with Gasteiger partial charge in [-0.05, 0) is 44.0 Å². The summed E-state index contributed by atoms with van der Waals surface area (Å²) in [5.74, 6) is 2.89. The second-order valence-corrected chi connectivity index (χ2v) is 5.92. The van der Waals surface area contributed by atoms with Gasteiger partial charge in [0.25, 0.3) is 0 Å². The zero-order chi connectivity index (χ0) is 20.2. The van der Waals surface area contributed by atoms with E-state index < -0.39 is 0 Å². The van der Waals surface area contributed by atoms with E-state index in [0.717, 1.165) is 36.1 Å². The number of hydrogen-bond acceptors (Lipinski definition) is 5. The van der Waals surface area contributed by atoms with Crippen LogP contribution in [0.25, 0.3) is 0 Å². The molecule has 0 saturated carbocycles. The van der Waals surface area contributed by atoms with Gasteiger partial charge in [0.2, 0.25) is 5.88 Å². The molecular weight excluding hydrogens is 483 g/mol. The molecule has 0 bridgehead atoms. The lowest BCUT2D eigenvalue weighted by molar-refractivity contribution is 0.287. The minimum absolute atomic E-state index is 0. The molecule has 29 heavy (non-hydrogen) atoms. The second kappa shape index (κ2) is 13.9. The van der Waals surface area contributed by atoms with E-state index in [4.69, 9.17) is 14.2 Å². The van der Waals surface area contributed by atoms with Gasteiger partial charge in [-0.1, -0.05) is 12.1 Å². The Bertz CT molecular complexity index is 771. The number of nitrogens with one attached hydrogen (secondary N) is 2. The predicted molar refractivity (Wildman–Crippen MR) is 127 cm³/mol. The molecule has 1 aromatic carbocycles. The topological polar surface area (TPSA) is 77.0 Å². The van der Waals surface area contributed by atoms with Crippen LogP contribution in [0.2, 0.25) is 0 Å². The molecule has 0 aliphatic heterocycles. The molecule has 0 radical (unpaired) electrons. The van der Waals surface area contributed by atoms with E-state index >= 15 is 0 Å². The highest BCUT2D eigenvalue weighted by Gasteiger charge is 2.07. The zero-order valence-corrected chi connectivity index (χ0v) is 19.9. The van der Waals surface area contributed by atoms with Crippen LogP contribution in [0.4, 0.5) is 0 Å². The van der Waals surface area contributed by atoms with Crippen molar-refractivity contribution >= 4 is 29.9 Å². The van der Waals surface area contributed by atoms with E-state index in [9.17, 15) is 0 Å². The van der Waals surface area contributed by atoms with Gasteiger partial charge in [0, 0.05) is 19.7 Å². The molecular formula is C21H31IN4O3. The van der Waals surface area contributed by atoms with Crippen LogP contribution < -0.4 is 24.8 Å². The normalized spacial score (nSPS) is 10.7. The lowest BCUT2D eigenvalue weighted by Crippen LogP contribution is -2.38. The number of hydrogen-bond donors (Lipinski definition) is 2. The first-order valence-corrected chi connectivity index (χ1v) is 9.53. The molecule has 0 amide bonds. The maximum absolute atomic E-state index is 5.69. The quantitative estimate of drug-likeness (QED) is 0.288. The van der Waals surface area contributed by atoms with Gasteiger partial charge in [-0.3, -0.25) is 4.99 Å². The molecule has 2 rings (SSSR count). The Kier molecular flexibility index (Phi) is 11.9. The number of guanidine groups is 1. The SMILES string of the molecule is CCOc1ccc(CCNC(=NC)NCc2cccc(OC)n2)cc1OCC.I. The Morgan fingerprint density at radius 3 is 2.48 bits per heavy atom. The average molecular weight is 514 g/mol. The first-order valence-electron chi connectivity index (χ1n) is 9.53. The van der Waals surface area contributed by atoms with Crippen molar-refractivity contribution in [2.75, 3.05) is 33.9 Å². The van der Waals surface area contributed by atoms with E-state index in [1.165, 1.54) is 5.56 Å². The second-order valence-electron chi connectivity index (χ2n) is 5.92. The van der Waals surface area contributed by atoms with Crippen LogP contribution in [-0.4, -0.2) is 44.9 Å². The lowest BCUT2D eigenvalue weighted by atomic mass is 10.1.